The van der Waals surface area contributed by atoms with E-state index in [0.717, 1.165) is 11.1 Å². The molecule has 0 aliphatic heterocycles. The molecule has 0 radical (unpaired) electrons. The Hall–Kier alpha value is -3.56. The van der Waals surface area contributed by atoms with Gasteiger partial charge in [0.05, 0.1) is 24.8 Å². The zero-order valence-electron chi connectivity index (χ0n) is 14.5. The normalized spacial score (nSPS) is 11.2. The topological polar surface area (TPSA) is 113 Å². The van der Waals surface area contributed by atoms with E-state index < -0.39 is 4.92 Å². The summed E-state index contributed by atoms with van der Waals surface area (Å²) < 4.78 is 8.49. The van der Waals surface area contributed by atoms with E-state index in [1.165, 1.54) is 17.3 Å². The molecule has 0 bridgehead atoms. The molecule has 10 heteroatoms. The van der Waals surface area contributed by atoms with Gasteiger partial charge in [0.15, 0.2) is 0 Å². The highest BCUT2D eigenvalue weighted by atomic mass is 16.6. The van der Waals surface area contributed by atoms with E-state index in [9.17, 15) is 10.1 Å². The maximum absolute atomic E-state index is 11.2. The standard InChI is InChI=1S/C16H17N7O3/c1-11-16(23(24)25)12(2)22(20-11)8-14-6-13(4-5-15(14)26-3)7-19-21-9-17-18-10-21/h4-7,9-10H,8H2,1-3H3/b19-7+. The molecule has 2 heterocycles. The first-order valence-corrected chi connectivity index (χ1v) is 7.74. The highest BCUT2D eigenvalue weighted by molar-refractivity contribution is 5.80. The summed E-state index contributed by atoms with van der Waals surface area (Å²) in [5, 5.41) is 27.0. The molecular formula is C16H17N7O3. The Morgan fingerprint density at radius 3 is 2.65 bits per heavy atom. The van der Waals surface area contributed by atoms with Crippen molar-refractivity contribution < 1.29 is 9.66 Å². The van der Waals surface area contributed by atoms with Crippen LogP contribution in [-0.4, -0.2) is 42.9 Å². The maximum Gasteiger partial charge on any atom is 0.312 e. The minimum Gasteiger partial charge on any atom is -0.496 e. The van der Waals surface area contributed by atoms with E-state index in [-0.39, 0.29) is 5.69 Å². The Bertz CT molecular complexity index is 961. The second kappa shape index (κ2) is 7.13. The summed E-state index contributed by atoms with van der Waals surface area (Å²) >= 11 is 0. The van der Waals surface area contributed by atoms with Gasteiger partial charge in [0.25, 0.3) is 0 Å². The molecule has 134 valence electrons. The molecule has 0 saturated carbocycles. The Morgan fingerprint density at radius 2 is 2.04 bits per heavy atom. The van der Waals surface area contributed by atoms with Crippen LogP contribution in [0, 0.1) is 24.0 Å². The third kappa shape index (κ3) is 3.43. The molecule has 10 nitrogen and oxygen atoms in total. The first kappa shape index (κ1) is 17.3. The number of rotatable bonds is 6. The number of aromatic nitrogens is 5. The lowest BCUT2D eigenvalue weighted by Gasteiger charge is -2.10. The van der Waals surface area contributed by atoms with Crippen LogP contribution < -0.4 is 4.74 Å². The summed E-state index contributed by atoms with van der Waals surface area (Å²) in [6.07, 6.45) is 4.63. The van der Waals surface area contributed by atoms with Gasteiger partial charge in [0.1, 0.15) is 29.8 Å². The first-order chi connectivity index (χ1) is 12.5. The maximum atomic E-state index is 11.2. The van der Waals surface area contributed by atoms with Gasteiger partial charge in [-0.2, -0.15) is 10.2 Å². The van der Waals surface area contributed by atoms with Gasteiger partial charge in [-0.25, -0.2) is 4.68 Å². The van der Waals surface area contributed by atoms with Gasteiger partial charge < -0.3 is 4.74 Å². The fourth-order valence-corrected chi connectivity index (χ4v) is 2.66. The highest BCUT2D eigenvalue weighted by Gasteiger charge is 2.22. The van der Waals surface area contributed by atoms with Crippen molar-refractivity contribution in [3.63, 3.8) is 0 Å². The Balaban J connectivity index is 1.93. The zero-order valence-corrected chi connectivity index (χ0v) is 14.5. The molecule has 0 fully saturated rings. The van der Waals surface area contributed by atoms with Gasteiger partial charge in [-0.1, -0.05) is 0 Å². The fourth-order valence-electron chi connectivity index (χ4n) is 2.66. The van der Waals surface area contributed by atoms with Gasteiger partial charge in [-0.3, -0.25) is 14.8 Å². The predicted molar refractivity (Wildman–Crippen MR) is 93.5 cm³/mol. The van der Waals surface area contributed by atoms with Crippen molar-refractivity contribution in [2.75, 3.05) is 7.11 Å². The molecule has 2 aromatic heterocycles. The molecule has 1 aromatic carbocycles. The molecule has 26 heavy (non-hydrogen) atoms. The molecule has 0 N–H and O–H groups in total. The minimum absolute atomic E-state index is 0.0364. The molecule has 3 rings (SSSR count). The number of aryl methyl sites for hydroxylation is 1. The number of methoxy groups -OCH3 is 1. The smallest absolute Gasteiger partial charge is 0.312 e. The van der Waals surface area contributed by atoms with Gasteiger partial charge in [-0.15, -0.1) is 10.2 Å². The Morgan fingerprint density at radius 1 is 1.31 bits per heavy atom. The third-order valence-corrected chi connectivity index (χ3v) is 3.90. The summed E-state index contributed by atoms with van der Waals surface area (Å²) in [5.74, 6) is 0.668. The monoisotopic (exact) mass is 355 g/mol. The number of hydrogen-bond donors (Lipinski definition) is 0. The van der Waals surface area contributed by atoms with Crippen molar-refractivity contribution >= 4 is 11.9 Å². The second-order valence-corrected chi connectivity index (χ2v) is 5.59. The molecule has 0 amide bonds. The van der Waals surface area contributed by atoms with Crippen LogP contribution in [0.25, 0.3) is 0 Å². The highest BCUT2D eigenvalue weighted by Crippen LogP contribution is 2.25. The Kier molecular flexibility index (Phi) is 4.74. The summed E-state index contributed by atoms with van der Waals surface area (Å²) in [6.45, 7) is 3.65. The summed E-state index contributed by atoms with van der Waals surface area (Å²) in [4.78, 5) is 10.8. The molecule has 0 aliphatic carbocycles. The van der Waals surface area contributed by atoms with E-state index in [0.29, 0.717) is 23.7 Å². The largest absolute Gasteiger partial charge is 0.496 e. The average molecular weight is 355 g/mol. The summed E-state index contributed by atoms with van der Waals surface area (Å²) in [7, 11) is 1.58. The van der Waals surface area contributed by atoms with Crippen LogP contribution in [0.5, 0.6) is 5.75 Å². The fraction of sp³-hybridized carbons (Fsp3) is 0.250. The van der Waals surface area contributed by atoms with Crippen molar-refractivity contribution in [2.24, 2.45) is 5.10 Å². The van der Waals surface area contributed by atoms with Crippen molar-refractivity contribution in [1.29, 1.82) is 0 Å². The lowest BCUT2D eigenvalue weighted by Crippen LogP contribution is -2.06. The van der Waals surface area contributed by atoms with E-state index in [1.807, 2.05) is 18.2 Å². The molecule has 0 aliphatic rings. The van der Waals surface area contributed by atoms with Gasteiger partial charge in [-0.05, 0) is 37.6 Å². The van der Waals surface area contributed by atoms with Crippen molar-refractivity contribution in [1.82, 2.24) is 24.7 Å². The van der Waals surface area contributed by atoms with Crippen LogP contribution in [0.15, 0.2) is 36.0 Å². The second-order valence-electron chi connectivity index (χ2n) is 5.59. The van der Waals surface area contributed by atoms with E-state index >= 15 is 0 Å². The number of ether oxygens (including phenoxy) is 1. The third-order valence-electron chi connectivity index (χ3n) is 3.90. The zero-order chi connectivity index (χ0) is 18.7. The molecule has 0 spiro atoms. The van der Waals surface area contributed by atoms with Gasteiger partial charge in [0.2, 0.25) is 0 Å². The molecule has 0 saturated heterocycles. The van der Waals surface area contributed by atoms with E-state index in [2.05, 4.69) is 20.4 Å². The SMILES string of the molecule is COc1ccc(/C=N/n2cnnc2)cc1Cn1nc(C)c([N+](=O)[O-])c1C. The quantitative estimate of drug-likeness (QED) is 0.379. The van der Waals surface area contributed by atoms with Crippen LogP contribution in [0.3, 0.4) is 0 Å². The average Bonchev–Trinajstić information content (AvgIpc) is 3.21. The summed E-state index contributed by atoms with van der Waals surface area (Å²) in [5.41, 5.74) is 2.59. The lowest BCUT2D eigenvalue weighted by molar-refractivity contribution is -0.386. The predicted octanol–water partition coefficient (Wildman–Crippen LogP) is 1.94. The summed E-state index contributed by atoms with van der Waals surface area (Å²) in [6, 6.07) is 5.58. The number of nitrogens with zero attached hydrogens (tertiary/aromatic N) is 7. The molecule has 0 unspecified atom stereocenters. The van der Waals surface area contributed by atoms with Crippen LogP contribution in [0.4, 0.5) is 5.69 Å². The van der Waals surface area contributed by atoms with E-state index in [1.54, 1.807) is 31.9 Å². The molecular weight excluding hydrogens is 338 g/mol. The van der Waals surface area contributed by atoms with Crippen LogP contribution in [0.1, 0.15) is 22.5 Å². The van der Waals surface area contributed by atoms with Crippen LogP contribution in [-0.2, 0) is 6.54 Å². The van der Waals surface area contributed by atoms with Crippen molar-refractivity contribution in [3.05, 3.63) is 63.5 Å². The van der Waals surface area contributed by atoms with Crippen LogP contribution in [0.2, 0.25) is 0 Å². The Labute approximate surface area is 148 Å². The first-order valence-electron chi connectivity index (χ1n) is 7.74. The minimum atomic E-state index is -0.409. The van der Waals surface area contributed by atoms with Crippen molar-refractivity contribution in [2.45, 2.75) is 20.4 Å². The lowest BCUT2D eigenvalue weighted by atomic mass is 10.1. The number of nitro groups is 1. The van der Waals surface area contributed by atoms with E-state index in [4.69, 9.17) is 4.74 Å². The number of benzene rings is 1. The number of hydrogen-bond acceptors (Lipinski definition) is 7. The molecule has 0 atom stereocenters. The van der Waals surface area contributed by atoms with Gasteiger partial charge >= 0.3 is 5.69 Å². The van der Waals surface area contributed by atoms with Gasteiger partial charge in [0, 0.05) is 5.56 Å². The van der Waals surface area contributed by atoms with Crippen molar-refractivity contribution in [3.8, 4) is 5.75 Å². The molecule has 3 aromatic rings. The van der Waals surface area contributed by atoms with Crippen LogP contribution >= 0.6 is 0 Å².